The van der Waals surface area contributed by atoms with Crippen LogP contribution in [-0.2, 0) is 9.59 Å². The quantitative estimate of drug-likeness (QED) is 0.472. The van der Waals surface area contributed by atoms with Gasteiger partial charge in [-0.05, 0) is 33.6 Å². The van der Waals surface area contributed by atoms with Crippen LogP contribution in [0.25, 0.3) is 0 Å². The maximum atomic E-state index is 11.4. The molecule has 0 saturated heterocycles. The number of aliphatic hydroxyl groups is 1. The SMILES string of the molecule is CC(C)=CCC/C(C)=C/C(=O)NC(CO)C(=O)O. The van der Waals surface area contributed by atoms with Crippen LogP contribution in [0.15, 0.2) is 23.3 Å². The maximum absolute atomic E-state index is 11.4. The predicted octanol–water partition coefficient (Wildman–Crippen LogP) is 1.24. The zero-order valence-electron chi connectivity index (χ0n) is 11.1. The van der Waals surface area contributed by atoms with Crippen molar-refractivity contribution in [2.24, 2.45) is 0 Å². The van der Waals surface area contributed by atoms with E-state index in [2.05, 4.69) is 11.4 Å². The average molecular weight is 255 g/mol. The minimum Gasteiger partial charge on any atom is -0.480 e. The van der Waals surface area contributed by atoms with Crippen LogP contribution in [0.1, 0.15) is 33.6 Å². The number of rotatable bonds is 7. The maximum Gasteiger partial charge on any atom is 0.328 e. The number of amides is 1. The van der Waals surface area contributed by atoms with Crippen LogP contribution in [-0.4, -0.2) is 34.7 Å². The predicted molar refractivity (Wildman–Crippen MR) is 69.1 cm³/mol. The summed E-state index contributed by atoms with van der Waals surface area (Å²) < 4.78 is 0. The van der Waals surface area contributed by atoms with Crippen LogP contribution in [0.4, 0.5) is 0 Å². The van der Waals surface area contributed by atoms with E-state index in [1.165, 1.54) is 11.6 Å². The second-order valence-electron chi connectivity index (χ2n) is 4.39. The first-order valence-electron chi connectivity index (χ1n) is 5.81. The molecule has 0 aromatic heterocycles. The van der Waals surface area contributed by atoms with Gasteiger partial charge >= 0.3 is 5.97 Å². The molecule has 0 aliphatic heterocycles. The van der Waals surface area contributed by atoms with Gasteiger partial charge in [0.1, 0.15) is 0 Å². The number of aliphatic carboxylic acids is 1. The van der Waals surface area contributed by atoms with Gasteiger partial charge in [-0.3, -0.25) is 4.79 Å². The number of aliphatic hydroxyl groups excluding tert-OH is 1. The molecule has 1 amide bonds. The monoisotopic (exact) mass is 255 g/mol. The smallest absolute Gasteiger partial charge is 0.328 e. The molecule has 0 aromatic rings. The van der Waals surface area contributed by atoms with Crippen molar-refractivity contribution in [3.05, 3.63) is 23.3 Å². The van der Waals surface area contributed by atoms with Crippen molar-refractivity contribution >= 4 is 11.9 Å². The molecule has 0 bridgehead atoms. The summed E-state index contributed by atoms with van der Waals surface area (Å²) >= 11 is 0. The molecule has 0 aliphatic rings. The summed E-state index contributed by atoms with van der Waals surface area (Å²) in [5.74, 6) is -1.74. The van der Waals surface area contributed by atoms with Crippen molar-refractivity contribution in [3.63, 3.8) is 0 Å². The lowest BCUT2D eigenvalue weighted by molar-refractivity contribution is -0.142. The van der Waals surface area contributed by atoms with Crippen LogP contribution in [0, 0.1) is 0 Å². The molecule has 1 atom stereocenters. The number of carboxylic acids is 1. The van der Waals surface area contributed by atoms with Crippen molar-refractivity contribution in [2.45, 2.75) is 39.7 Å². The fourth-order valence-electron chi connectivity index (χ4n) is 1.28. The molecular weight excluding hydrogens is 234 g/mol. The first-order valence-corrected chi connectivity index (χ1v) is 5.81. The van der Waals surface area contributed by atoms with E-state index in [0.29, 0.717) is 0 Å². The highest BCUT2D eigenvalue weighted by Gasteiger charge is 2.17. The standard InChI is InChI=1S/C13H21NO4/c1-9(2)5-4-6-10(3)7-12(16)14-11(8-15)13(17)18/h5,7,11,15H,4,6,8H2,1-3H3,(H,14,16)(H,17,18)/b10-7+. The number of carbonyl (C=O) groups is 2. The molecule has 0 radical (unpaired) electrons. The second-order valence-corrected chi connectivity index (χ2v) is 4.39. The number of carboxylic acid groups (broad SMARTS) is 1. The number of allylic oxidation sites excluding steroid dienone is 3. The molecule has 102 valence electrons. The first kappa shape index (κ1) is 16.4. The largest absolute Gasteiger partial charge is 0.480 e. The van der Waals surface area contributed by atoms with Gasteiger partial charge in [0.2, 0.25) is 5.91 Å². The Morgan fingerprint density at radius 2 is 1.89 bits per heavy atom. The van der Waals surface area contributed by atoms with E-state index < -0.39 is 24.5 Å². The summed E-state index contributed by atoms with van der Waals surface area (Å²) in [4.78, 5) is 22.0. The fraction of sp³-hybridized carbons (Fsp3) is 0.538. The molecular formula is C13H21NO4. The molecule has 0 fully saturated rings. The molecule has 0 rings (SSSR count). The van der Waals surface area contributed by atoms with Crippen LogP contribution in [0.3, 0.4) is 0 Å². The minimum atomic E-state index is -1.25. The van der Waals surface area contributed by atoms with E-state index in [1.807, 2.05) is 20.8 Å². The van der Waals surface area contributed by atoms with Crippen molar-refractivity contribution in [3.8, 4) is 0 Å². The summed E-state index contributed by atoms with van der Waals surface area (Å²) in [6, 6.07) is -1.25. The molecule has 3 N–H and O–H groups in total. The molecule has 0 aromatic carbocycles. The third-order valence-electron chi connectivity index (χ3n) is 2.27. The van der Waals surface area contributed by atoms with Gasteiger partial charge in [0.05, 0.1) is 6.61 Å². The van der Waals surface area contributed by atoms with Gasteiger partial charge in [-0.2, -0.15) is 0 Å². The van der Waals surface area contributed by atoms with Crippen LogP contribution < -0.4 is 5.32 Å². The van der Waals surface area contributed by atoms with E-state index >= 15 is 0 Å². The second kappa shape index (κ2) is 8.47. The van der Waals surface area contributed by atoms with Gasteiger partial charge in [0.25, 0.3) is 0 Å². The van der Waals surface area contributed by atoms with Crippen LogP contribution in [0.2, 0.25) is 0 Å². The van der Waals surface area contributed by atoms with E-state index in [-0.39, 0.29) is 0 Å². The third-order valence-corrected chi connectivity index (χ3v) is 2.27. The Morgan fingerprint density at radius 3 is 2.33 bits per heavy atom. The Kier molecular flexibility index (Phi) is 7.71. The summed E-state index contributed by atoms with van der Waals surface area (Å²) in [5.41, 5.74) is 2.09. The van der Waals surface area contributed by atoms with Crippen LogP contribution >= 0.6 is 0 Å². The zero-order chi connectivity index (χ0) is 14.1. The highest BCUT2D eigenvalue weighted by atomic mass is 16.4. The lowest BCUT2D eigenvalue weighted by Gasteiger charge is -2.09. The van der Waals surface area contributed by atoms with E-state index in [1.54, 1.807) is 0 Å². The lowest BCUT2D eigenvalue weighted by atomic mass is 10.1. The molecule has 0 spiro atoms. The number of hydrogen-bond acceptors (Lipinski definition) is 3. The average Bonchev–Trinajstić information content (AvgIpc) is 2.24. The van der Waals surface area contributed by atoms with Gasteiger partial charge < -0.3 is 15.5 Å². The molecule has 0 heterocycles. The highest BCUT2D eigenvalue weighted by Crippen LogP contribution is 2.06. The summed E-state index contributed by atoms with van der Waals surface area (Å²) in [6.07, 6.45) is 5.03. The molecule has 1 unspecified atom stereocenters. The zero-order valence-corrected chi connectivity index (χ0v) is 11.1. The number of nitrogens with one attached hydrogen (secondary N) is 1. The Balaban J connectivity index is 4.27. The fourth-order valence-corrected chi connectivity index (χ4v) is 1.28. The molecule has 18 heavy (non-hydrogen) atoms. The normalized spacial score (nSPS) is 12.8. The molecule has 0 saturated carbocycles. The number of hydrogen-bond donors (Lipinski definition) is 3. The first-order chi connectivity index (χ1) is 8.36. The molecule has 5 nitrogen and oxygen atoms in total. The van der Waals surface area contributed by atoms with Crippen molar-refractivity contribution in [1.29, 1.82) is 0 Å². The van der Waals surface area contributed by atoms with Crippen LogP contribution in [0.5, 0.6) is 0 Å². The lowest BCUT2D eigenvalue weighted by Crippen LogP contribution is -2.42. The van der Waals surface area contributed by atoms with Crippen molar-refractivity contribution in [2.75, 3.05) is 6.61 Å². The van der Waals surface area contributed by atoms with Gasteiger partial charge in [-0.15, -0.1) is 0 Å². The summed E-state index contributed by atoms with van der Waals surface area (Å²) in [7, 11) is 0. The van der Waals surface area contributed by atoms with Crippen molar-refractivity contribution in [1.82, 2.24) is 5.32 Å². The Morgan fingerprint density at radius 1 is 1.28 bits per heavy atom. The van der Waals surface area contributed by atoms with Gasteiger partial charge in [0.15, 0.2) is 6.04 Å². The summed E-state index contributed by atoms with van der Waals surface area (Å²) in [6.45, 7) is 5.20. The van der Waals surface area contributed by atoms with Gasteiger partial charge in [0, 0.05) is 6.08 Å². The molecule has 0 aliphatic carbocycles. The van der Waals surface area contributed by atoms with E-state index in [9.17, 15) is 9.59 Å². The van der Waals surface area contributed by atoms with E-state index in [4.69, 9.17) is 10.2 Å². The third kappa shape index (κ3) is 7.62. The number of carbonyl (C=O) groups excluding carboxylic acids is 1. The topological polar surface area (TPSA) is 86.6 Å². The van der Waals surface area contributed by atoms with Crippen molar-refractivity contribution < 1.29 is 19.8 Å². The summed E-state index contributed by atoms with van der Waals surface area (Å²) in [5, 5.41) is 19.6. The Hall–Kier alpha value is -1.62. The minimum absolute atomic E-state index is 0.494. The van der Waals surface area contributed by atoms with Gasteiger partial charge in [-0.1, -0.05) is 17.2 Å². The Bertz CT molecular complexity index is 354. The van der Waals surface area contributed by atoms with E-state index in [0.717, 1.165) is 18.4 Å². The highest BCUT2D eigenvalue weighted by molar-refractivity contribution is 5.91. The molecule has 5 heteroatoms. The van der Waals surface area contributed by atoms with Gasteiger partial charge in [-0.25, -0.2) is 4.79 Å². The Labute approximate surface area is 107 Å².